The minimum atomic E-state index is 0.0467. The number of rotatable bonds is 3. The number of ketones is 1. The number of hydrogen-bond donors (Lipinski definition) is 0. The first-order chi connectivity index (χ1) is 8.93. The van der Waals surface area contributed by atoms with E-state index >= 15 is 0 Å². The molecule has 1 aromatic carbocycles. The van der Waals surface area contributed by atoms with E-state index in [1.54, 1.807) is 0 Å². The van der Waals surface area contributed by atoms with E-state index in [4.69, 9.17) is 4.74 Å². The molecule has 1 heterocycles. The van der Waals surface area contributed by atoms with Crippen molar-refractivity contribution in [1.29, 1.82) is 0 Å². The fourth-order valence-corrected chi connectivity index (χ4v) is 2.70. The van der Waals surface area contributed by atoms with Gasteiger partial charge < -0.3 is 4.74 Å². The molecular weight excluding hydrogens is 236 g/mol. The lowest BCUT2D eigenvalue weighted by molar-refractivity contribution is 0.0689. The third kappa shape index (κ3) is 3.06. The van der Waals surface area contributed by atoms with Crippen LogP contribution in [0.3, 0.4) is 0 Å². The molecule has 19 heavy (non-hydrogen) atoms. The fraction of sp³-hybridized carbons (Fsp3) is 0.588. The predicted octanol–water partition coefficient (Wildman–Crippen LogP) is 3.98. The molecule has 2 nitrogen and oxygen atoms in total. The van der Waals surface area contributed by atoms with E-state index in [2.05, 4.69) is 39.8 Å². The van der Waals surface area contributed by atoms with Crippen LogP contribution in [0.25, 0.3) is 0 Å². The Morgan fingerprint density at radius 3 is 2.42 bits per heavy atom. The zero-order chi connectivity index (χ0) is 14.0. The average Bonchev–Trinajstić information content (AvgIpc) is 2.85. The Balaban J connectivity index is 2.16. The van der Waals surface area contributed by atoms with E-state index in [0.29, 0.717) is 0 Å². The van der Waals surface area contributed by atoms with Crippen molar-refractivity contribution >= 4 is 5.78 Å². The third-order valence-corrected chi connectivity index (χ3v) is 3.98. The molecule has 0 aliphatic carbocycles. The summed E-state index contributed by atoms with van der Waals surface area (Å²) in [5.41, 5.74) is 2.21. The SMILES string of the molecule is CCC1OCCC1C(=O)c1ccc(C(C)(C)C)cc1. The summed E-state index contributed by atoms with van der Waals surface area (Å²) in [6.07, 6.45) is 1.88. The summed E-state index contributed by atoms with van der Waals surface area (Å²) in [5, 5.41) is 0. The van der Waals surface area contributed by atoms with Gasteiger partial charge in [-0.05, 0) is 23.8 Å². The molecule has 0 spiro atoms. The second-order valence-corrected chi connectivity index (χ2v) is 6.40. The van der Waals surface area contributed by atoms with Crippen molar-refractivity contribution in [3.8, 4) is 0 Å². The molecular formula is C17H24O2. The highest BCUT2D eigenvalue weighted by atomic mass is 16.5. The average molecular weight is 260 g/mol. The molecule has 1 fully saturated rings. The molecule has 0 saturated carbocycles. The van der Waals surface area contributed by atoms with Crippen LogP contribution in [0.5, 0.6) is 0 Å². The van der Waals surface area contributed by atoms with Gasteiger partial charge in [-0.2, -0.15) is 0 Å². The highest BCUT2D eigenvalue weighted by Gasteiger charge is 2.33. The van der Waals surface area contributed by atoms with Gasteiger partial charge in [-0.15, -0.1) is 0 Å². The van der Waals surface area contributed by atoms with E-state index in [1.165, 1.54) is 5.56 Å². The molecule has 0 aromatic heterocycles. The van der Waals surface area contributed by atoms with Crippen LogP contribution in [0.4, 0.5) is 0 Å². The Labute approximate surface area is 116 Å². The summed E-state index contributed by atoms with van der Waals surface area (Å²) in [4.78, 5) is 12.5. The summed E-state index contributed by atoms with van der Waals surface area (Å²) in [6.45, 7) is 9.35. The molecule has 1 saturated heterocycles. The van der Waals surface area contributed by atoms with Crippen LogP contribution in [-0.2, 0) is 10.2 Å². The standard InChI is InChI=1S/C17H24O2/c1-5-15-14(10-11-19-15)16(18)12-6-8-13(9-7-12)17(2,3)4/h6-9,14-15H,5,10-11H2,1-4H3. The molecule has 0 radical (unpaired) electrons. The zero-order valence-electron chi connectivity index (χ0n) is 12.4. The Hall–Kier alpha value is -1.15. The summed E-state index contributed by atoms with van der Waals surface area (Å²) in [6, 6.07) is 8.08. The largest absolute Gasteiger partial charge is 0.377 e. The number of Topliss-reactive ketones (excluding diaryl/α,β-unsaturated/α-hetero) is 1. The van der Waals surface area contributed by atoms with Gasteiger partial charge >= 0.3 is 0 Å². The Bertz CT molecular complexity index is 439. The first kappa shape index (κ1) is 14.3. The molecule has 1 aliphatic heterocycles. The van der Waals surface area contributed by atoms with Crippen molar-refractivity contribution in [2.45, 2.75) is 52.1 Å². The van der Waals surface area contributed by atoms with E-state index < -0.39 is 0 Å². The highest BCUT2D eigenvalue weighted by molar-refractivity contribution is 5.98. The smallest absolute Gasteiger partial charge is 0.168 e. The van der Waals surface area contributed by atoms with Crippen molar-refractivity contribution in [3.05, 3.63) is 35.4 Å². The summed E-state index contributed by atoms with van der Waals surface area (Å²) in [5.74, 6) is 0.287. The van der Waals surface area contributed by atoms with Gasteiger partial charge in [0, 0.05) is 12.2 Å². The number of carbonyl (C=O) groups is 1. The van der Waals surface area contributed by atoms with Gasteiger partial charge in [-0.25, -0.2) is 0 Å². The molecule has 104 valence electrons. The summed E-state index contributed by atoms with van der Waals surface area (Å²) in [7, 11) is 0. The first-order valence-electron chi connectivity index (χ1n) is 7.20. The van der Waals surface area contributed by atoms with Crippen LogP contribution in [0.15, 0.2) is 24.3 Å². The Kier molecular flexibility index (Phi) is 4.10. The monoisotopic (exact) mass is 260 g/mol. The molecule has 0 bridgehead atoms. The Morgan fingerprint density at radius 2 is 1.89 bits per heavy atom. The van der Waals surface area contributed by atoms with Gasteiger partial charge in [-0.3, -0.25) is 4.79 Å². The lowest BCUT2D eigenvalue weighted by atomic mass is 9.85. The summed E-state index contributed by atoms with van der Waals surface area (Å²) < 4.78 is 5.61. The first-order valence-corrected chi connectivity index (χ1v) is 7.20. The number of carbonyl (C=O) groups excluding carboxylic acids is 1. The maximum atomic E-state index is 12.5. The van der Waals surface area contributed by atoms with Crippen molar-refractivity contribution < 1.29 is 9.53 Å². The maximum Gasteiger partial charge on any atom is 0.168 e. The minimum absolute atomic E-state index is 0.0467. The summed E-state index contributed by atoms with van der Waals surface area (Å²) >= 11 is 0. The van der Waals surface area contributed by atoms with E-state index in [1.807, 2.05) is 12.1 Å². The van der Waals surface area contributed by atoms with Crippen LogP contribution in [0, 0.1) is 5.92 Å². The van der Waals surface area contributed by atoms with E-state index in [0.717, 1.165) is 25.0 Å². The molecule has 2 rings (SSSR count). The zero-order valence-corrected chi connectivity index (χ0v) is 12.4. The van der Waals surface area contributed by atoms with E-state index in [-0.39, 0.29) is 23.2 Å². The molecule has 0 amide bonds. The van der Waals surface area contributed by atoms with Crippen LogP contribution in [0.2, 0.25) is 0 Å². The van der Waals surface area contributed by atoms with Gasteiger partial charge in [0.25, 0.3) is 0 Å². The van der Waals surface area contributed by atoms with Gasteiger partial charge in [-0.1, -0.05) is 52.0 Å². The molecule has 2 heteroatoms. The van der Waals surface area contributed by atoms with Crippen LogP contribution in [-0.4, -0.2) is 18.5 Å². The number of hydrogen-bond acceptors (Lipinski definition) is 2. The van der Waals surface area contributed by atoms with Crippen molar-refractivity contribution in [1.82, 2.24) is 0 Å². The van der Waals surface area contributed by atoms with Crippen molar-refractivity contribution in [3.63, 3.8) is 0 Å². The molecule has 0 N–H and O–H groups in total. The number of ether oxygens (including phenoxy) is 1. The van der Waals surface area contributed by atoms with Gasteiger partial charge in [0.1, 0.15) is 0 Å². The number of benzene rings is 1. The Morgan fingerprint density at radius 1 is 1.26 bits per heavy atom. The quantitative estimate of drug-likeness (QED) is 0.768. The second kappa shape index (κ2) is 5.46. The van der Waals surface area contributed by atoms with Crippen molar-refractivity contribution in [2.75, 3.05) is 6.61 Å². The fourth-order valence-electron chi connectivity index (χ4n) is 2.70. The van der Waals surface area contributed by atoms with Gasteiger partial charge in [0.15, 0.2) is 5.78 Å². The van der Waals surface area contributed by atoms with Crippen LogP contribution < -0.4 is 0 Å². The normalized spacial score (nSPS) is 23.6. The molecule has 1 aliphatic rings. The van der Waals surface area contributed by atoms with Gasteiger partial charge in [0.2, 0.25) is 0 Å². The van der Waals surface area contributed by atoms with Crippen LogP contribution >= 0.6 is 0 Å². The van der Waals surface area contributed by atoms with Crippen LogP contribution in [0.1, 0.15) is 56.5 Å². The molecule has 2 unspecified atom stereocenters. The maximum absolute atomic E-state index is 12.5. The van der Waals surface area contributed by atoms with Gasteiger partial charge in [0.05, 0.1) is 12.0 Å². The predicted molar refractivity (Wildman–Crippen MR) is 77.6 cm³/mol. The van der Waals surface area contributed by atoms with Crippen molar-refractivity contribution in [2.24, 2.45) is 5.92 Å². The van der Waals surface area contributed by atoms with E-state index in [9.17, 15) is 4.79 Å². The highest BCUT2D eigenvalue weighted by Crippen LogP contribution is 2.28. The topological polar surface area (TPSA) is 26.3 Å². The second-order valence-electron chi connectivity index (χ2n) is 6.40. The lowest BCUT2D eigenvalue weighted by Gasteiger charge is -2.20. The third-order valence-electron chi connectivity index (χ3n) is 3.98. The molecule has 2 atom stereocenters. The molecule has 1 aromatic rings. The lowest BCUT2D eigenvalue weighted by Crippen LogP contribution is -2.24. The minimum Gasteiger partial charge on any atom is -0.377 e.